The van der Waals surface area contributed by atoms with Crippen molar-refractivity contribution >= 4 is 35.8 Å². The maximum absolute atomic E-state index is 12.9. The quantitative estimate of drug-likeness (QED) is 0.753. The fraction of sp³-hybridized carbons (Fsp3) is 0.286. The van der Waals surface area contributed by atoms with Crippen molar-refractivity contribution in [3.05, 3.63) is 64.2 Å². The van der Waals surface area contributed by atoms with Gasteiger partial charge in [0.2, 0.25) is 0 Å². The minimum Gasteiger partial charge on any atom is -0.352 e. The molecule has 1 aliphatic rings. The van der Waals surface area contributed by atoms with Gasteiger partial charge in [0.25, 0.3) is 17.7 Å². The maximum Gasteiger partial charge on any atom is 0.266 e. The first-order valence-corrected chi connectivity index (χ1v) is 8.91. The van der Waals surface area contributed by atoms with E-state index in [1.165, 1.54) is 11.0 Å². The standard InChI is InChI=1S/C21H23N3O3.ClH/c1-12-4-5-14(3)18(8-12)24-20(26)16-7-6-15(9-17(16)21(24)27)19(25)23-11-13(2)10-22;/h4-9,13H,10-11,22H2,1-3H3,(H,23,25);1H. The van der Waals surface area contributed by atoms with Gasteiger partial charge in [0.1, 0.15) is 0 Å². The van der Waals surface area contributed by atoms with Crippen LogP contribution in [0.4, 0.5) is 5.69 Å². The predicted octanol–water partition coefficient (Wildman–Crippen LogP) is 2.85. The van der Waals surface area contributed by atoms with Gasteiger partial charge in [-0.3, -0.25) is 14.4 Å². The van der Waals surface area contributed by atoms with Crippen molar-refractivity contribution in [1.82, 2.24) is 5.32 Å². The fourth-order valence-corrected chi connectivity index (χ4v) is 3.01. The highest BCUT2D eigenvalue weighted by Crippen LogP contribution is 2.31. The summed E-state index contributed by atoms with van der Waals surface area (Å²) in [6, 6.07) is 10.2. The van der Waals surface area contributed by atoms with Gasteiger partial charge in [-0.05, 0) is 61.7 Å². The van der Waals surface area contributed by atoms with Gasteiger partial charge in [0, 0.05) is 12.1 Å². The first-order chi connectivity index (χ1) is 12.8. The molecule has 0 saturated carbocycles. The van der Waals surface area contributed by atoms with Crippen LogP contribution < -0.4 is 16.0 Å². The van der Waals surface area contributed by atoms with Crippen LogP contribution in [0.2, 0.25) is 0 Å². The number of aryl methyl sites for hydroxylation is 2. The Morgan fingerprint density at radius 3 is 2.43 bits per heavy atom. The zero-order chi connectivity index (χ0) is 19.7. The molecule has 0 aromatic heterocycles. The molecule has 1 atom stereocenters. The normalized spacial score (nSPS) is 13.8. The first-order valence-electron chi connectivity index (χ1n) is 8.91. The second kappa shape index (κ2) is 8.54. The van der Waals surface area contributed by atoms with Gasteiger partial charge >= 0.3 is 0 Å². The van der Waals surface area contributed by atoms with Gasteiger partial charge in [0.05, 0.1) is 16.8 Å². The van der Waals surface area contributed by atoms with Crippen LogP contribution in [0.1, 0.15) is 49.1 Å². The molecule has 7 heteroatoms. The van der Waals surface area contributed by atoms with E-state index in [1.54, 1.807) is 12.1 Å². The van der Waals surface area contributed by atoms with Crippen molar-refractivity contribution in [1.29, 1.82) is 0 Å². The lowest BCUT2D eigenvalue weighted by molar-refractivity contribution is 0.0923. The number of anilines is 1. The molecule has 1 aliphatic heterocycles. The van der Waals surface area contributed by atoms with E-state index < -0.39 is 5.91 Å². The van der Waals surface area contributed by atoms with E-state index in [0.717, 1.165) is 11.1 Å². The summed E-state index contributed by atoms with van der Waals surface area (Å²) in [5.74, 6) is -0.906. The minimum atomic E-state index is -0.409. The number of halogens is 1. The monoisotopic (exact) mass is 401 g/mol. The summed E-state index contributed by atoms with van der Waals surface area (Å²) in [6.45, 7) is 6.63. The van der Waals surface area contributed by atoms with Crippen molar-refractivity contribution in [3.63, 3.8) is 0 Å². The third-order valence-electron chi connectivity index (χ3n) is 4.77. The number of imide groups is 1. The van der Waals surface area contributed by atoms with E-state index in [1.807, 2.05) is 39.0 Å². The van der Waals surface area contributed by atoms with Crippen LogP contribution in [-0.2, 0) is 0 Å². The van der Waals surface area contributed by atoms with E-state index in [2.05, 4.69) is 5.32 Å². The number of nitrogens with zero attached hydrogens (tertiary/aromatic N) is 1. The SMILES string of the molecule is Cc1ccc(C)c(N2C(=O)c3ccc(C(=O)NCC(C)CN)cc3C2=O)c1.Cl. The number of rotatable bonds is 5. The molecule has 148 valence electrons. The van der Waals surface area contributed by atoms with Crippen molar-refractivity contribution in [2.45, 2.75) is 20.8 Å². The van der Waals surface area contributed by atoms with Gasteiger partial charge in [-0.1, -0.05) is 19.1 Å². The average Bonchev–Trinajstić information content (AvgIpc) is 2.91. The molecule has 0 bridgehead atoms. The molecule has 1 heterocycles. The molecule has 2 aromatic rings. The summed E-state index contributed by atoms with van der Waals surface area (Å²) in [5, 5.41) is 2.80. The number of carbonyl (C=O) groups is 3. The average molecular weight is 402 g/mol. The second-order valence-electron chi connectivity index (χ2n) is 7.05. The molecule has 1 unspecified atom stereocenters. The molecule has 3 amide bonds. The minimum absolute atomic E-state index is 0. The molecule has 28 heavy (non-hydrogen) atoms. The van der Waals surface area contributed by atoms with Crippen LogP contribution in [0.25, 0.3) is 0 Å². The number of amides is 3. The molecular formula is C21H24ClN3O3. The number of benzene rings is 2. The van der Waals surface area contributed by atoms with Crippen LogP contribution in [0.5, 0.6) is 0 Å². The summed E-state index contributed by atoms with van der Waals surface area (Å²) >= 11 is 0. The summed E-state index contributed by atoms with van der Waals surface area (Å²) in [6.07, 6.45) is 0. The van der Waals surface area contributed by atoms with Crippen molar-refractivity contribution in [2.24, 2.45) is 11.7 Å². The summed E-state index contributed by atoms with van der Waals surface area (Å²) in [5.41, 5.74) is 8.84. The molecule has 0 saturated heterocycles. The third kappa shape index (κ3) is 3.93. The smallest absolute Gasteiger partial charge is 0.266 e. The number of fused-ring (bicyclic) bond motifs is 1. The Kier molecular flexibility index (Phi) is 6.59. The van der Waals surface area contributed by atoms with Crippen molar-refractivity contribution < 1.29 is 14.4 Å². The molecule has 3 N–H and O–H groups in total. The topological polar surface area (TPSA) is 92.5 Å². The zero-order valence-corrected chi connectivity index (χ0v) is 16.9. The number of nitrogens with one attached hydrogen (secondary N) is 1. The highest BCUT2D eigenvalue weighted by molar-refractivity contribution is 6.35. The Labute approximate surface area is 170 Å². The fourth-order valence-electron chi connectivity index (χ4n) is 3.01. The Morgan fingerprint density at radius 2 is 1.75 bits per heavy atom. The van der Waals surface area contributed by atoms with E-state index in [0.29, 0.717) is 29.9 Å². The van der Waals surface area contributed by atoms with Crippen LogP contribution in [0, 0.1) is 19.8 Å². The van der Waals surface area contributed by atoms with Gasteiger partial charge in [-0.25, -0.2) is 4.90 Å². The lowest BCUT2D eigenvalue weighted by Gasteiger charge is -2.17. The third-order valence-corrected chi connectivity index (χ3v) is 4.77. The van der Waals surface area contributed by atoms with E-state index in [9.17, 15) is 14.4 Å². The van der Waals surface area contributed by atoms with Crippen molar-refractivity contribution in [3.8, 4) is 0 Å². The first kappa shape index (κ1) is 21.6. The Bertz CT molecular complexity index is 942. The summed E-state index contributed by atoms with van der Waals surface area (Å²) < 4.78 is 0. The van der Waals surface area contributed by atoms with Crippen LogP contribution >= 0.6 is 12.4 Å². The number of carbonyl (C=O) groups excluding carboxylic acids is 3. The molecule has 6 nitrogen and oxygen atoms in total. The highest BCUT2D eigenvalue weighted by Gasteiger charge is 2.37. The van der Waals surface area contributed by atoms with E-state index >= 15 is 0 Å². The number of hydrogen-bond donors (Lipinski definition) is 2. The molecule has 0 aliphatic carbocycles. The van der Waals surface area contributed by atoms with Crippen LogP contribution in [0.15, 0.2) is 36.4 Å². The Hall–Kier alpha value is -2.70. The molecule has 0 radical (unpaired) electrons. The van der Waals surface area contributed by atoms with Gasteiger partial charge in [0.15, 0.2) is 0 Å². The van der Waals surface area contributed by atoms with E-state index in [-0.39, 0.29) is 35.7 Å². The van der Waals surface area contributed by atoms with Crippen LogP contribution in [-0.4, -0.2) is 30.8 Å². The maximum atomic E-state index is 12.9. The zero-order valence-electron chi connectivity index (χ0n) is 16.1. The van der Waals surface area contributed by atoms with Gasteiger partial charge in [-0.2, -0.15) is 0 Å². The molecule has 0 spiro atoms. The Morgan fingerprint density at radius 1 is 1.07 bits per heavy atom. The molecule has 0 fully saturated rings. The summed E-state index contributed by atoms with van der Waals surface area (Å²) in [7, 11) is 0. The lowest BCUT2D eigenvalue weighted by atomic mass is 10.0. The largest absolute Gasteiger partial charge is 0.352 e. The number of nitrogens with two attached hydrogens (primary N) is 1. The van der Waals surface area contributed by atoms with Crippen molar-refractivity contribution in [2.75, 3.05) is 18.0 Å². The predicted molar refractivity (Wildman–Crippen MR) is 111 cm³/mol. The van der Waals surface area contributed by atoms with Gasteiger partial charge < -0.3 is 11.1 Å². The highest BCUT2D eigenvalue weighted by atomic mass is 35.5. The molecule has 2 aromatic carbocycles. The van der Waals surface area contributed by atoms with Crippen LogP contribution in [0.3, 0.4) is 0 Å². The molecule has 3 rings (SSSR count). The summed E-state index contributed by atoms with van der Waals surface area (Å²) in [4.78, 5) is 39.2. The molecular weight excluding hydrogens is 378 g/mol. The van der Waals surface area contributed by atoms with E-state index in [4.69, 9.17) is 5.73 Å². The number of hydrogen-bond acceptors (Lipinski definition) is 4. The lowest BCUT2D eigenvalue weighted by Crippen LogP contribution is -2.31. The Balaban J connectivity index is 0.00000280. The van der Waals surface area contributed by atoms with Gasteiger partial charge in [-0.15, -0.1) is 12.4 Å². The second-order valence-corrected chi connectivity index (χ2v) is 7.05.